The SMILES string of the molecule is CC(=O)Cc1cc(F)c(Br)cc1[N+](=O)[O-]. The smallest absolute Gasteiger partial charge is 0.274 e. The van der Waals surface area contributed by atoms with E-state index in [0.717, 1.165) is 12.1 Å². The van der Waals surface area contributed by atoms with E-state index < -0.39 is 10.7 Å². The number of nitro groups is 1. The van der Waals surface area contributed by atoms with Gasteiger partial charge in [-0.1, -0.05) is 0 Å². The molecule has 1 rings (SSSR count). The zero-order valence-corrected chi connectivity index (χ0v) is 9.38. The van der Waals surface area contributed by atoms with E-state index in [1.54, 1.807) is 0 Å². The minimum absolute atomic E-state index is 0.0153. The summed E-state index contributed by atoms with van der Waals surface area (Å²) < 4.78 is 13.1. The zero-order chi connectivity index (χ0) is 11.6. The fourth-order valence-electron chi connectivity index (χ4n) is 1.16. The van der Waals surface area contributed by atoms with Gasteiger partial charge in [0.1, 0.15) is 11.6 Å². The van der Waals surface area contributed by atoms with Crippen LogP contribution < -0.4 is 0 Å². The summed E-state index contributed by atoms with van der Waals surface area (Å²) in [7, 11) is 0. The molecule has 0 aromatic heterocycles. The molecule has 4 nitrogen and oxygen atoms in total. The molecule has 1 aromatic rings. The van der Waals surface area contributed by atoms with Crippen molar-refractivity contribution in [3.63, 3.8) is 0 Å². The standard InChI is InChI=1S/C9H7BrFNO3/c1-5(13)2-6-3-8(11)7(10)4-9(6)12(14)15/h3-4H,2H2,1H3. The fraction of sp³-hybridized carbons (Fsp3) is 0.222. The molecule has 0 aliphatic rings. The Morgan fingerprint density at radius 1 is 1.60 bits per heavy atom. The number of benzene rings is 1. The van der Waals surface area contributed by atoms with Crippen LogP contribution >= 0.6 is 15.9 Å². The van der Waals surface area contributed by atoms with Crippen molar-refractivity contribution in [2.75, 3.05) is 0 Å². The number of carbonyl (C=O) groups excluding carboxylic acids is 1. The average molecular weight is 276 g/mol. The summed E-state index contributed by atoms with van der Waals surface area (Å²) in [4.78, 5) is 20.8. The van der Waals surface area contributed by atoms with Crippen molar-refractivity contribution in [2.45, 2.75) is 13.3 Å². The van der Waals surface area contributed by atoms with E-state index in [-0.39, 0.29) is 27.9 Å². The van der Waals surface area contributed by atoms with Crippen LogP contribution in [0.5, 0.6) is 0 Å². The highest BCUT2D eigenvalue weighted by Crippen LogP contribution is 2.26. The van der Waals surface area contributed by atoms with Gasteiger partial charge in [-0.25, -0.2) is 4.39 Å². The molecule has 0 unspecified atom stereocenters. The molecule has 0 atom stereocenters. The molecule has 0 aliphatic carbocycles. The molecule has 0 fully saturated rings. The summed E-state index contributed by atoms with van der Waals surface area (Å²) in [6, 6.07) is 2.07. The van der Waals surface area contributed by atoms with E-state index >= 15 is 0 Å². The third-order valence-electron chi connectivity index (χ3n) is 1.76. The summed E-state index contributed by atoms with van der Waals surface area (Å²) >= 11 is 2.85. The van der Waals surface area contributed by atoms with Gasteiger partial charge in [-0.05, 0) is 28.9 Å². The van der Waals surface area contributed by atoms with Crippen LogP contribution in [0, 0.1) is 15.9 Å². The second kappa shape index (κ2) is 4.48. The fourth-order valence-corrected chi connectivity index (χ4v) is 1.49. The molecular formula is C9H7BrFNO3. The summed E-state index contributed by atoms with van der Waals surface area (Å²) in [5.74, 6) is -0.864. The first kappa shape index (κ1) is 11.8. The molecule has 0 saturated heterocycles. The Hall–Kier alpha value is -1.30. The number of hydrogen-bond donors (Lipinski definition) is 0. The molecule has 6 heteroatoms. The molecule has 0 N–H and O–H groups in total. The third-order valence-corrected chi connectivity index (χ3v) is 2.37. The lowest BCUT2D eigenvalue weighted by Crippen LogP contribution is -2.02. The second-order valence-corrected chi connectivity index (χ2v) is 3.89. The highest BCUT2D eigenvalue weighted by molar-refractivity contribution is 9.10. The van der Waals surface area contributed by atoms with Crippen molar-refractivity contribution in [3.05, 3.63) is 38.1 Å². The van der Waals surface area contributed by atoms with E-state index in [1.807, 2.05) is 0 Å². The van der Waals surface area contributed by atoms with Gasteiger partial charge in [0.2, 0.25) is 0 Å². The van der Waals surface area contributed by atoms with Gasteiger partial charge in [-0.3, -0.25) is 14.9 Å². The number of halogens is 2. The van der Waals surface area contributed by atoms with Gasteiger partial charge in [0.05, 0.1) is 9.40 Å². The highest BCUT2D eigenvalue weighted by atomic mass is 79.9. The molecule has 0 saturated carbocycles. The van der Waals surface area contributed by atoms with Crippen LogP contribution in [0.25, 0.3) is 0 Å². The van der Waals surface area contributed by atoms with Crippen molar-refractivity contribution in [1.29, 1.82) is 0 Å². The van der Waals surface area contributed by atoms with Crippen LogP contribution in [0.4, 0.5) is 10.1 Å². The lowest BCUT2D eigenvalue weighted by molar-refractivity contribution is -0.385. The molecule has 0 radical (unpaired) electrons. The molecule has 15 heavy (non-hydrogen) atoms. The number of Topliss-reactive ketones (excluding diaryl/α,β-unsaturated/α-hetero) is 1. The summed E-state index contributed by atoms with van der Waals surface area (Å²) in [6.07, 6.45) is -0.138. The van der Waals surface area contributed by atoms with Crippen LogP contribution in [-0.2, 0) is 11.2 Å². The Balaban J connectivity index is 3.28. The molecular weight excluding hydrogens is 269 g/mol. The lowest BCUT2D eigenvalue weighted by Gasteiger charge is -2.02. The number of carbonyl (C=O) groups is 1. The van der Waals surface area contributed by atoms with E-state index in [2.05, 4.69) is 15.9 Å². The number of hydrogen-bond acceptors (Lipinski definition) is 3. The minimum Gasteiger partial charge on any atom is -0.300 e. The van der Waals surface area contributed by atoms with Crippen molar-refractivity contribution >= 4 is 27.4 Å². The van der Waals surface area contributed by atoms with Gasteiger partial charge in [0.25, 0.3) is 5.69 Å². The highest BCUT2D eigenvalue weighted by Gasteiger charge is 2.18. The minimum atomic E-state index is -0.636. The van der Waals surface area contributed by atoms with Crippen molar-refractivity contribution < 1.29 is 14.1 Å². The van der Waals surface area contributed by atoms with Crippen LogP contribution in [0.3, 0.4) is 0 Å². The Labute approximate surface area is 93.4 Å². The molecule has 0 spiro atoms. The van der Waals surface area contributed by atoms with Crippen LogP contribution in [-0.4, -0.2) is 10.7 Å². The molecule has 80 valence electrons. The Morgan fingerprint density at radius 3 is 2.67 bits per heavy atom. The van der Waals surface area contributed by atoms with E-state index in [1.165, 1.54) is 6.92 Å². The third kappa shape index (κ3) is 2.82. The zero-order valence-electron chi connectivity index (χ0n) is 7.79. The second-order valence-electron chi connectivity index (χ2n) is 3.03. The number of rotatable bonds is 3. The maximum absolute atomic E-state index is 13.1. The lowest BCUT2D eigenvalue weighted by atomic mass is 10.1. The number of nitro benzene ring substituents is 1. The molecule has 0 heterocycles. The maximum Gasteiger partial charge on any atom is 0.274 e. The van der Waals surface area contributed by atoms with Crippen molar-refractivity contribution in [3.8, 4) is 0 Å². The van der Waals surface area contributed by atoms with Crippen LogP contribution in [0.1, 0.15) is 12.5 Å². The first-order valence-electron chi connectivity index (χ1n) is 4.03. The Bertz CT molecular complexity index is 434. The topological polar surface area (TPSA) is 60.2 Å². The monoisotopic (exact) mass is 275 g/mol. The summed E-state index contributed by atoms with van der Waals surface area (Å²) in [5.41, 5.74) is -0.160. The van der Waals surface area contributed by atoms with Crippen molar-refractivity contribution in [1.82, 2.24) is 0 Å². The van der Waals surface area contributed by atoms with Gasteiger partial charge in [0, 0.05) is 18.1 Å². The summed E-state index contributed by atoms with van der Waals surface area (Å²) in [6.45, 7) is 1.30. The maximum atomic E-state index is 13.1. The quantitative estimate of drug-likeness (QED) is 0.629. The van der Waals surface area contributed by atoms with Crippen LogP contribution in [0.15, 0.2) is 16.6 Å². The van der Waals surface area contributed by atoms with Crippen LogP contribution in [0.2, 0.25) is 0 Å². The Morgan fingerprint density at radius 2 is 2.20 bits per heavy atom. The molecule has 0 bridgehead atoms. The molecule has 0 aliphatic heterocycles. The number of ketones is 1. The van der Waals surface area contributed by atoms with Gasteiger partial charge in [-0.2, -0.15) is 0 Å². The van der Waals surface area contributed by atoms with E-state index in [4.69, 9.17) is 0 Å². The predicted molar refractivity (Wildman–Crippen MR) is 55.1 cm³/mol. The van der Waals surface area contributed by atoms with Gasteiger partial charge in [0.15, 0.2) is 0 Å². The summed E-state index contributed by atoms with van der Waals surface area (Å²) in [5, 5.41) is 10.6. The normalized spacial score (nSPS) is 10.1. The molecule has 0 amide bonds. The first-order chi connectivity index (χ1) is 6.91. The largest absolute Gasteiger partial charge is 0.300 e. The van der Waals surface area contributed by atoms with Gasteiger partial charge < -0.3 is 0 Å². The first-order valence-corrected chi connectivity index (χ1v) is 4.83. The van der Waals surface area contributed by atoms with Crippen molar-refractivity contribution in [2.24, 2.45) is 0 Å². The van der Waals surface area contributed by atoms with E-state index in [0.29, 0.717) is 0 Å². The van der Waals surface area contributed by atoms with E-state index in [9.17, 15) is 19.3 Å². The predicted octanol–water partition coefficient (Wildman–Crippen LogP) is 2.63. The number of nitrogens with zero attached hydrogens (tertiary/aromatic N) is 1. The Kier molecular flexibility index (Phi) is 3.52. The van der Waals surface area contributed by atoms with Gasteiger partial charge >= 0.3 is 0 Å². The van der Waals surface area contributed by atoms with Gasteiger partial charge in [-0.15, -0.1) is 0 Å². The average Bonchev–Trinajstić information content (AvgIpc) is 2.09. The molecule has 1 aromatic carbocycles.